The Balaban J connectivity index is 0.000000496. The average Bonchev–Trinajstić information content (AvgIpc) is 3.42. The van der Waals surface area contributed by atoms with Crippen LogP contribution in [0.4, 0.5) is 0 Å². The smallest absolute Gasteiger partial charge is 0.154 e. The van der Waals surface area contributed by atoms with Crippen molar-refractivity contribution in [1.29, 1.82) is 0 Å². The molecule has 32 heavy (non-hydrogen) atoms. The molecular weight excluding hydrogens is 398 g/mol. The summed E-state index contributed by atoms with van der Waals surface area (Å²) in [4.78, 5) is 21.8. The van der Waals surface area contributed by atoms with Gasteiger partial charge in [-0.2, -0.15) is 0 Å². The molecule has 0 radical (unpaired) electrons. The average molecular weight is 434 g/mol. The molecule has 4 rings (SSSR count). The van der Waals surface area contributed by atoms with Crippen LogP contribution in [0.5, 0.6) is 5.75 Å². The quantitative estimate of drug-likeness (QED) is 0.229. The van der Waals surface area contributed by atoms with Gasteiger partial charge in [-0.25, -0.2) is 4.98 Å². The Morgan fingerprint density at radius 3 is 2.16 bits per heavy atom. The van der Waals surface area contributed by atoms with Crippen molar-refractivity contribution in [2.24, 2.45) is 5.92 Å². The lowest BCUT2D eigenvalue weighted by molar-refractivity contribution is 0.112. The Labute approximate surface area is 191 Å². The molecule has 0 bridgehead atoms. The Kier molecular flexibility index (Phi) is 11.3. The maximum atomic E-state index is 10.9. The second-order valence-electron chi connectivity index (χ2n) is 7.47. The van der Waals surface area contributed by atoms with Gasteiger partial charge in [0.1, 0.15) is 12.0 Å². The van der Waals surface area contributed by atoms with Crippen LogP contribution >= 0.6 is 0 Å². The maximum absolute atomic E-state index is 10.9. The minimum Gasteiger partial charge on any atom is -0.508 e. The molecule has 0 atom stereocenters. The van der Waals surface area contributed by atoms with Crippen LogP contribution in [-0.4, -0.2) is 26.3 Å². The number of fused-ring (bicyclic) bond motifs is 1. The van der Waals surface area contributed by atoms with Crippen LogP contribution in [0.3, 0.4) is 0 Å². The number of aromatic amines is 2. The van der Waals surface area contributed by atoms with Crippen LogP contribution in [0.25, 0.3) is 33.7 Å². The van der Waals surface area contributed by atoms with Crippen LogP contribution in [0.15, 0.2) is 67.4 Å². The van der Waals surface area contributed by atoms with Crippen molar-refractivity contribution in [1.82, 2.24) is 15.0 Å². The number of allylic oxidation sites excluding steroid dienone is 1. The van der Waals surface area contributed by atoms with Gasteiger partial charge in [-0.3, -0.25) is 4.79 Å². The minimum atomic E-state index is 0.243. The van der Waals surface area contributed by atoms with Crippen molar-refractivity contribution >= 4 is 17.3 Å². The third-order valence-corrected chi connectivity index (χ3v) is 3.78. The second-order valence-corrected chi connectivity index (χ2v) is 7.47. The van der Waals surface area contributed by atoms with E-state index in [4.69, 9.17) is 0 Å². The summed E-state index contributed by atoms with van der Waals surface area (Å²) in [7, 11) is 0. The number of aldehydes is 1. The maximum Gasteiger partial charge on any atom is 0.154 e. The number of carbonyl (C=O) groups is 1. The van der Waals surface area contributed by atoms with E-state index in [1.54, 1.807) is 30.3 Å². The first kappa shape index (κ1) is 26.4. The minimum absolute atomic E-state index is 0.243. The van der Waals surface area contributed by atoms with E-state index in [1.807, 2.05) is 51.2 Å². The predicted molar refractivity (Wildman–Crippen MR) is 136 cm³/mol. The van der Waals surface area contributed by atoms with E-state index in [-0.39, 0.29) is 5.75 Å². The first-order valence-corrected chi connectivity index (χ1v) is 10.9. The molecular formula is C27H35N3O2. The lowest BCUT2D eigenvalue weighted by Crippen LogP contribution is -1.78. The van der Waals surface area contributed by atoms with Crippen molar-refractivity contribution in [2.45, 2.75) is 41.5 Å². The van der Waals surface area contributed by atoms with Crippen molar-refractivity contribution < 1.29 is 9.90 Å². The zero-order valence-electron chi connectivity index (χ0n) is 19.9. The summed E-state index contributed by atoms with van der Waals surface area (Å²) < 4.78 is 0. The summed E-state index contributed by atoms with van der Waals surface area (Å²) in [5, 5.41) is 9.36. The van der Waals surface area contributed by atoms with Gasteiger partial charge in [0.2, 0.25) is 0 Å². The van der Waals surface area contributed by atoms with E-state index in [0.717, 1.165) is 40.1 Å². The number of hydrogen-bond donors (Lipinski definition) is 3. The van der Waals surface area contributed by atoms with Crippen LogP contribution in [0.2, 0.25) is 0 Å². The highest BCUT2D eigenvalue weighted by Gasteiger charge is 2.09. The highest BCUT2D eigenvalue weighted by Crippen LogP contribution is 2.27. The molecule has 0 spiro atoms. The van der Waals surface area contributed by atoms with Crippen LogP contribution < -0.4 is 0 Å². The lowest BCUT2D eigenvalue weighted by atomic mass is 10.1. The highest BCUT2D eigenvalue weighted by atomic mass is 16.3. The molecule has 2 heterocycles. The number of rotatable bonds is 3. The molecule has 0 amide bonds. The molecule has 5 heteroatoms. The first-order valence-electron chi connectivity index (χ1n) is 10.9. The monoisotopic (exact) mass is 433 g/mol. The molecule has 2 aromatic carbocycles. The third kappa shape index (κ3) is 7.91. The standard InChI is InChI=1S/C18H13N3O2.C4H10.C3H6.C2H6/c22-10-11-1-6-15-16(7-11)21-18(20-15)17-8-13(9-19-17)12-2-4-14(23)5-3-12;1-4(2)3;1-3-2;1-2/h1-10,19,23H,(H,20,21);4H,1-3H3;3H,1H2,2H3;1-2H3. The van der Waals surface area contributed by atoms with Gasteiger partial charge < -0.3 is 15.1 Å². The van der Waals surface area contributed by atoms with Crippen LogP contribution in [0, 0.1) is 5.92 Å². The number of phenolic OH excluding ortho intramolecular Hbond substituents is 1. The molecule has 0 saturated carbocycles. The van der Waals surface area contributed by atoms with E-state index >= 15 is 0 Å². The first-order chi connectivity index (χ1) is 15.4. The van der Waals surface area contributed by atoms with Gasteiger partial charge in [0, 0.05) is 11.8 Å². The summed E-state index contributed by atoms with van der Waals surface area (Å²) in [6.45, 7) is 15.7. The molecule has 4 aromatic rings. The number of nitrogens with one attached hydrogen (secondary N) is 2. The summed E-state index contributed by atoms with van der Waals surface area (Å²) in [5.74, 6) is 1.79. The molecule has 3 N–H and O–H groups in total. The molecule has 0 aliphatic heterocycles. The molecule has 5 nitrogen and oxygen atoms in total. The summed E-state index contributed by atoms with van der Waals surface area (Å²) in [6.07, 6.45) is 4.46. The van der Waals surface area contributed by atoms with E-state index in [2.05, 4.69) is 42.3 Å². The number of carbonyl (C=O) groups excluding carboxylic acids is 1. The van der Waals surface area contributed by atoms with Crippen molar-refractivity contribution in [3.05, 3.63) is 72.9 Å². The van der Waals surface area contributed by atoms with Gasteiger partial charge in [-0.15, -0.1) is 6.58 Å². The van der Waals surface area contributed by atoms with Gasteiger partial charge >= 0.3 is 0 Å². The highest BCUT2D eigenvalue weighted by molar-refractivity contribution is 5.86. The number of aromatic nitrogens is 3. The summed E-state index contributed by atoms with van der Waals surface area (Å²) in [5.41, 5.74) is 5.12. The fourth-order valence-electron chi connectivity index (χ4n) is 2.58. The zero-order chi connectivity index (χ0) is 24.1. The van der Waals surface area contributed by atoms with Crippen molar-refractivity contribution in [3.63, 3.8) is 0 Å². The molecule has 0 aliphatic carbocycles. The molecule has 0 unspecified atom stereocenters. The van der Waals surface area contributed by atoms with Crippen molar-refractivity contribution in [3.8, 4) is 28.4 Å². The largest absolute Gasteiger partial charge is 0.508 e. The van der Waals surface area contributed by atoms with Gasteiger partial charge in [0.05, 0.1) is 16.7 Å². The SMILES string of the molecule is C=CC.CC.CC(C)C.O=Cc1ccc2nc(-c3cc(-c4ccc(O)cc4)c[nH]3)[nH]c2c1. The normalized spacial score (nSPS) is 9.59. The number of benzene rings is 2. The molecule has 170 valence electrons. The van der Waals surface area contributed by atoms with E-state index in [1.165, 1.54) is 0 Å². The van der Waals surface area contributed by atoms with E-state index in [0.29, 0.717) is 11.4 Å². The van der Waals surface area contributed by atoms with Gasteiger partial charge in [-0.05, 0) is 60.4 Å². The number of hydrogen-bond acceptors (Lipinski definition) is 3. The Hall–Kier alpha value is -3.60. The van der Waals surface area contributed by atoms with E-state index < -0.39 is 0 Å². The Morgan fingerprint density at radius 2 is 1.59 bits per heavy atom. The number of H-pyrrole nitrogens is 2. The number of aromatic hydroxyl groups is 1. The lowest BCUT2D eigenvalue weighted by Gasteiger charge is -1.96. The van der Waals surface area contributed by atoms with Crippen LogP contribution in [0.1, 0.15) is 51.9 Å². The van der Waals surface area contributed by atoms with Gasteiger partial charge in [0.15, 0.2) is 5.82 Å². The third-order valence-electron chi connectivity index (χ3n) is 3.78. The predicted octanol–water partition coefficient (Wildman–Crippen LogP) is 7.62. The Morgan fingerprint density at radius 1 is 1.00 bits per heavy atom. The zero-order valence-corrected chi connectivity index (χ0v) is 19.9. The van der Waals surface area contributed by atoms with Gasteiger partial charge in [0.25, 0.3) is 0 Å². The number of phenols is 1. The topological polar surface area (TPSA) is 81.8 Å². The van der Waals surface area contributed by atoms with Gasteiger partial charge in [-0.1, -0.05) is 52.8 Å². The fourth-order valence-corrected chi connectivity index (χ4v) is 2.58. The molecule has 0 aliphatic rings. The summed E-state index contributed by atoms with van der Waals surface area (Å²) in [6, 6.07) is 14.4. The number of nitrogens with zero attached hydrogens (tertiary/aromatic N) is 1. The van der Waals surface area contributed by atoms with E-state index in [9.17, 15) is 9.90 Å². The molecule has 2 aromatic heterocycles. The molecule has 0 fully saturated rings. The Bertz CT molecular complexity index is 1090. The van der Waals surface area contributed by atoms with Crippen LogP contribution in [-0.2, 0) is 0 Å². The molecule has 0 saturated heterocycles. The summed E-state index contributed by atoms with van der Waals surface area (Å²) >= 11 is 0. The fraction of sp³-hybridized carbons (Fsp3) is 0.259. The second kappa shape index (κ2) is 13.7. The van der Waals surface area contributed by atoms with Crippen molar-refractivity contribution in [2.75, 3.05) is 0 Å². The number of imidazole rings is 1.